The van der Waals surface area contributed by atoms with E-state index in [1.807, 2.05) is 0 Å². The van der Waals surface area contributed by atoms with Gasteiger partial charge in [0.25, 0.3) is 0 Å². The summed E-state index contributed by atoms with van der Waals surface area (Å²) >= 11 is 0. The fourth-order valence-electron chi connectivity index (χ4n) is 2.19. The van der Waals surface area contributed by atoms with E-state index in [4.69, 9.17) is 5.11 Å². The molecule has 0 spiro atoms. The Bertz CT molecular complexity index is 684. The molecule has 2 amide bonds. The first-order valence-corrected chi connectivity index (χ1v) is 8.21. The van der Waals surface area contributed by atoms with Crippen LogP contribution in [0.25, 0.3) is 0 Å². The van der Waals surface area contributed by atoms with Crippen LogP contribution in [-0.4, -0.2) is 43.1 Å². The number of carbonyl (C=O) groups is 2. The van der Waals surface area contributed by atoms with Crippen molar-refractivity contribution in [3.05, 3.63) is 29.3 Å². The molecule has 0 bridgehead atoms. The van der Waals surface area contributed by atoms with Crippen LogP contribution < -0.4 is 10.6 Å². The maximum absolute atomic E-state index is 11.8. The molecular formula is C13H16N2O5S. The van der Waals surface area contributed by atoms with Crippen molar-refractivity contribution in [2.45, 2.75) is 19.4 Å². The number of rotatable bonds is 3. The maximum Gasteiger partial charge on any atom is 0.335 e. The second-order valence-electron chi connectivity index (χ2n) is 5.03. The number of urea groups is 1. The van der Waals surface area contributed by atoms with Crippen LogP contribution in [0.3, 0.4) is 0 Å². The predicted octanol–water partition coefficient (Wildman–Crippen LogP) is 1.00. The van der Waals surface area contributed by atoms with E-state index in [0.717, 1.165) is 0 Å². The SMILES string of the molecule is Cc1cc(C(=O)O)ccc1NC(=O)NC1CCS(=O)(=O)C1. The van der Waals surface area contributed by atoms with E-state index in [1.54, 1.807) is 6.92 Å². The van der Waals surface area contributed by atoms with E-state index in [2.05, 4.69) is 10.6 Å². The molecule has 1 heterocycles. The van der Waals surface area contributed by atoms with Crippen molar-refractivity contribution in [3.63, 3.8) is 0 Å². The fraction of sp³-hybridized carbons (Fsp3) is 0.385. The Morgan fingerprint density at radius 1 is 1.33 bits per heavy atom. The molecule has 1 aromatic rings. The molecule has 1 aliphatic heterocycles. The first-order chi connectivity index (χ1) is 9.77. The summed E-state index contributed by atoms with van der Waals surface area (Å²) < 4.78 is 22.6. The van der Waals surface area contributed by atoms with Crippen LogP contribution in [0.1, 0.15) is 22.3 Å². The van der Waals surface area contributed by atoms with E-state index < -0.39 is 21.8 Å². The van der Waals surface area contributed by atoms with Crippen LogP contribution in [-0.2, 0) is 9.84 Å². The van der Waals surface area contributed by atoms with E-state index in [9.17, 15) is 18.0 Å². The van der Waals surface area contributed by atoms with Gasteiger partial charge in [0, 0.05) is 11.7 Å². The van der Waals surface area contributed by atoms with E-state index >= 15 is 0 Å². The molecule has 114 valence electrons. The normalized spacial score (nSPS) is 20.0. The van der Waals surface area contributed by atoms with Gasteiger partial charge in [-0.3, -0.25) is 0 Å². The van der Waals surface area contributed by atoms with Crippen LogP contribution in [0, 0.1) is 6.92 Å². The van der Waals surface area contributed by atoms with Crippen LogP contribution in [0.5, 0.6) is 0 Å². The third-order valence-electron chi connectivity index (χ3n) is 3.29. The number of carboxylic acid groups (broad SMARTS) is 1. The Kier molecular flexibility index (Phi) is 4.17. The van der Waals surface area contributed by atoms with Crippen molar-refractivity contribution in [1.29, 1.82) is 0 Å². The maximum atomic E-state index is 11.8. The van der Waals surface area contributed by atoms with Crippen LogP contribution >= 0.6 is 0 Å². The Balaban J connectivity index is 1.98. The van der Waals surface area contributed by atoms with Gasteiger partial charge in [-0.05, 0) is 37.1 Å². The van der Waals surface area contributed by atoms with Crippen molar-refractivity contribution >= 4 is 27.5 Å². The molecule has 0 saturated carbocycles. The lowest BCUT2D eigenvalue weighted by atomic mass is 10.1. The molecule has 2 rings (SSSR count). The fourth-order valence-corrected chi connectivity index (χ4v) is 3.86. The molecule has 0 aliphatic carbocycles. The van der Waals surface area contributed by atoms with E-state index in [-0.39, 0.29) is 23.1 Å². The molecule has 1 atom stereocenters. The van der Waals surface area contributed by atoms with Gasteiger partial charge in [0.2, 0.25) is 0 Å². The highest BCUT2D eigenvalue weighted by Gasteiger charge is 2.28. The number of aryl methyl sites for hydroxylation is 1. The third kappa shape index (κ3) is 3.94. The summed E-state index contributed by atoms with van der Waals surface area (Å²) in [6.07, 6.45) is 0.409. The number of aromatic carboxylic acids is 1. The number of benzene rings is 1. The Labute approximate surface area is 122 Å². The number of anilines is 1. The van der Waals surface area contributed by atoms with Gasteiger partial charge >= 0.3 is 12.0 Å². The number of hydrogen-bond donors (Lipinski definition) is 3. The monoisotopic (exact) mass is 312 g/mol. The zero-order valence-corrected chi connectivity index (χ0v) is 12.2. The van der Waals surface area contributed by atoms with Gasteiger partial charge in [0.1, 0.15) is 0 Å². The van der Waals surface area contributed by atoms with Crippen molar-refractivity contribution in [3.8, 4) is 0 Å². The zero-order chi connectivity index (χ0) is 15.6. The minimum atomic E-state index is -3.05. The van der Waals surface area contributed by atoms with Crippen molar-refractivity contribution in [2.75, 3.05) is 16.8 Å². The number of hydrogen-bond acceptors (Lipinski definition) is 4. The van der Waals surface area contributed by atoms with Gasteiger partial charge in [-0.25, -0.2) is 18.0 Å². The summed E-state index contributed by atoms with van der Waals surface area (Å²) in [5.74, 6) is -0.994. The topological polar surface area (TPSA) is 113 Å². The molecule has 7 nitrogen and oxygen atoms in total. The second-order valence-corrected chi connectivity index (χ2v) is 7.26. The summed E-state index contributed by atoms with van der Waals surface area (Å²) in [6, 6.07) is 3.48. The van der Waals surface area contributed by atoms with Crippen LogP contribution in [0.15, 0.2) is 18.2 Å². The summed E-state index contributed by atoms with van der Waals surface area (Å²) in [4.78, 5) is 22.6. The molecule has 1 saturated heterocycles. The summed E-state index contributed by atoms with van der Waals surface area (Å²) in [5, 5.41) is 14.1. The third-order valence-corrected chi connectivity index (χ3v) is 5.06. The molecule has 1 unspecified atom stereocenters. The lowest BCUT2D eigenvalue weighted by Gasteiger charge is -2.13. The first-order valence-electron chi connectivity index (χ1n) is 6.39. The number of amides is 2. The number of sulfone groups is 1. The standard InChI is InChI=1S/C13H16N2O5S/c1-8-6-9(12(16)17)2-3-11(8)15-13(18)14-10-4-5-21(19,20)7-10/h2-3,6,10H,4-5,7H2,1H3,(H,16,17)(H2,14,15,18). The second kappa shape index (κ2) is 5.72. The summed E-state index contributed by atoms with van der Waals surface area (Å²) in [7, 11) is -3.05. The zero-order valence-electron chi connectivity index (χ0n) is 11.4. The first kappa shape index (κ1) is 15.3. The Morgan fingerprint density at radius 2 is 2.05 bits per heavy atom. The van der Waals surface area contributed by atoms with Crippen molar-refractivity contribution in [2.24, 2.45) is 0 Å². The Hall–Kier alpha value is -2.09. The van der Waals surface area contributed by atoms with Gasteiger partial charge < -0.3 is 15.7 Å². The largest absolute Gasteiger partial charge is 0.478 e. The molecule has 0 radical (unpaired) electrons. The summed E-state index contributed by atoms with van der Waals surface area (Å²) in [5.41, 5.74) is 1.24. The average molecular weight is 312 g/mol. The van der Waals surface area contributed by atoms with Crippen LogP contribution in [0.4, 0.5) is 10.5 Å². The minimum Gasteiger partial charge on any atom is -0.478 e. The molecule has 3 N–H and O–H groups in total. The lowest BCUT2D eigenvalue weighted by molar-refractivity contribution is 0.0696. The molecule has 8 heteroatoms. The highest BCUT2D eigenvalue weighted by atomic mass is 32.2. The number of carboxylic acids is 1. The molecule has 1 aromatic carbocycles. The smallest absolute Gasteiger partial charge is 0.335 e. The summed E-state index contributed by atoms with van der Waals surface area (Å²) in [6.45, 7) is 1.68. The van der Waals surface area contributed by atoms with Crippen molar-refractivity contribution < 1.29 is 23.1 Å². The van der Waals surface area contributed by atoms with Gasteiger partial charge in [0.15, 0.2) is 9.84 Å². The van der Waals surface area contributed by atoms with Gasteiger partial charge in [0.05, 0.1) is 17.1 Å². The predicted molar refractivity (Wildman–Crippen MR) is 77.4 cm³/mol. The van der Waals surface area contributed by atoms with Crippen LogP contribution in [0.2, 0.25) is 0 Å². The minimum absolute atomic E-state index is 0.0443. The van der Waals surface area contributed by atoms with Gasteiger partial charge in [-0.1, -0.05) is 0 Å². The molecular weight excluding hydrogens is 296 g/mol. The molecule has 1 aliphatic rings. The Morgan fingerprint density at radius 3 is 2.57 bits per heavy atom. The highest BCUT2D eigenvalue weighted by molar-refractivity contribution is 7.91. The molecule has 21 heavy (non-hydrogen) atoms. The van der Waals surface area contributed by atoms with Gasteiger partial charge in [-0.15, -0.1) is 0 Å². The van der Waals surface area contributed by atoms with E-state index in [1.165, 1.54) is 18.2 Å². The molecule has 1 fully saturated rings. The van der Waals surface area contributed by atoms with Gasteiger partial charge in [-0.2, -0.15) is 0 Å². The molecule has 0 aromatic heterocycles. The number of carbonyl (C=O) groups excluding carboxylic acids is 1. The van der Waals surface area contributed by atoms with Crippen molar-refractivity contribution in [1.82, 2.24) is 5.32 Å². The lowest BCUT2D eigenvalue weighted by Crippen LogP contribution is -2.38. The van der Waals surface area contributed by atoms with E-state index in [0.29, 0.717) is 17.7 Å². The number of nitrogens with one attached hydrogen (secondary N) is 2. The average Bonchev–Trinajstić information content (AvgIpc) is 2.70. The quantitative estimate of drug-likeness (QED) is 0.771. The highest BCUT2D eigenvalue weighted by Crippen LogP contribution is 2.17.